The first-order chi connectivity index (χ1) is 12.7. The summed E-state index contributed by atoms with van der Waals surface area (Å²) in [5, 5.41) is 7.64. The molecule has 3 aromatic rings. The van der Waals surface area contributed by atoms with Gasteiger partial charge in [0, 0.05) is 38.1 Å². The highest BCUT2D eigenvalue weighted by Gasteiger charge is 2.17. The van der Waals surface area contributed by atoms with Gasteiger partial charge in [-0.05, 0) is 12.8 Å². The molecule has 0 unspecified atom stereocenters. The van der Waals surface area contributed by atoms with Crippen LogP contribution in [0, 0.1) is 0 Å². The molecule has 0 aliphatic carbocycles. The minimum atomic E-state index is -0.115. The molecule has 26 heavy (non-hydrogen) atoms. The summed E-state index contributed by atoms with van der Waals surface area (Å²) in [6, 6.07) is 11.9. The normalized spacial score (nSPS) is 11.0. The van der Waals surface area contributed by atoms with Gasteiger partial charge in [-0.1, -0.05) is 43.7 Å². The van der Waals surface area contributed by atoms with Crippen molar-refractivity contribution < 1.29 is 9.53 Å². The van der Waals surface area contributed by atoms with Crippen molar-refractivity contribution in [3.8, 4) is 11.3 Å². The predicted molar refractivity (Wildman–Crippen MR) is 101 cm³/mol. The smallest absolute Gasteiger partial charge is 0.254 e. The number of hydrogen-bond donors (Lipinski definition) is 1. The molecule has 0 atom stereocenters. The predicted octanol–water partition coefficient (Wildman–Crippen LogP) is 3.12. The minimum absolute atomic E-state index is 0.115. The Morgan fingerprint density at radius 2 is 2.08 bits per heavy atom. The first-order valence-electron chi connectivity index (χ1n) is 8.94. The molecule has 1 amide bonds. The van der Waals surface area contributed by atoms with E-state index in [2.05, 4.69) is 17.2 Å². The van der Waals surface area contributed by atoms with Crippen LogP contribution in [0.2, 0.25) is 0 Å². The van der Waals surface area contributed by atoms with Crippen molar-refractivity contribution >= 4 is 11.6 Å². The molecular weight excluding hydrogens is 328 g/mol. The molecule has 0 saturated heterocycles. The quantitative estimate of drug-likeness (QED) is 0.633. The summed E-state index contributed by atoms with van der Waals surface area (Å²) in [7, 11) is 1.65. The monoisotopic (exact) mass is 352 g/mol. The van der Waals surface area contributed by atoms with Crippen molar-refractivity contribution in [2.24, 2.45) is 0 Å². The fourth-order valence-electron chi connectivity index (χ4n) is 2.91. The summed E-state index contributed by atoms with van der Waals surface area (Å²) in [6.07, 6.45) is 4.11. The molecule has 0 radical (unpaired) electrons. The number of benzene rings is 1. The fourth-order valence-corrected chi connectivity index (χ4v) is 2.91. The number of aromatic nitrogens is 3. The third-order valence-corrected chi connectivity index (χ3v) is 4.19. The molecule has 0 spiro atoms. The van der Waals surface area contributed by atoms with Crippen LogP contribution in [-0.2, 0) is 11.2 Å². The molecule has 3 rings (SSSR count). The second kappa shape index (κ2) is 8.58. The summed E-state index contributed by atoms with van der Waals surface area (Å²) in [5.41, 5.74) is 4.12. The largest absolute Gasteiger partial charge is 0.385 e. The highest BCUT2D eigenvalue weighted by Crippen LogP contribution is 2.21. The van der Waals surface area contributed by atoms with Crippen molar-refractivity contribution in [1.29, 1.82) is 0 Å². The lowest BCUT2D eigenvalue weighted by Crippen LogP contribution is -2.27. The van der Waals surface area contributed by atoms with Crippen LogP contribution >= 0.6 is 0 Å². The number of rotatable bonds is 8. The first kappa shape index (κ1) is 18.1. The van der Waals surface area contributed by atoms with Crippen LogP contribution in [0.3, 0.4) is 0 Å². The minimum Gasteiger partial charge on any atom is -0.385 e. The van der Waals surface area contributed by atoms with Gasteiger partial charge < -0.3 is 10.1 Å². The maximum Gasteiger partial charge on any atom is 0.254 e. The van der Waals surface area contributed by atoms with Gasteiger partial charge in [0.2, 0.25) is 0 Å². The van der Waals surface area contributed by atoms with Crippen LogP contribution in [0.25, 0.3) is 16.9 Å². The third kappa shape index (κ3) is 3.91. The Morgan fingerprint density at radius 3 is 2.81 bits per heavy atom. The Bertz CT molecular complexity index is 874. The number of nitrogens with zero attached hydrogens (tertiary/aromatic N) is 3. The van der Waals surface area contributed by atoms with Gasteiger partial charge >= 0.3 is 0 Å². The van der Waals surface area contributed by atoms with Crippen LogP contribution in [0.1, 0.15) is 35.8 Å². The van der Waals surface area contributed by atoms with E-state index in [1.54, 1.807) is 17.8 Å². The molecule has 1 aromatic carbocycles. The molecule has 0 saturated carbocycles. The van der Waals surface area contributed by atoms with Gasteiger partial charge in [-0.3, -0.25) is 4.79 Å². The zero-order chi connectivity index (χ0) is 18.4. The standard InChI is InChI=1S/C20H24N4O2/c1-3-8-18-16(20(25)21-11-7-12-26-2)14-22-19-13-17(23-24(18)19)15-9-5-4-6-10-15/h4-6,9-10,13-14H,3,7-8,11-12H2,1-2H3,(H,21,25). The zero-order valence-electron chi connectivity index (χ0n) is 15.2. The van der Waals surface area contributed by atoms with Crippen molar-refractivity contribution in [3.63, 3.8) is 0 Å². The summed E-state index contributed by atoms with van der Waals surface area (Å²) in [6.45, 7) is 3.29. The average Bonchev–Trinajstić information content (AvgIpc) is 3.11. The lowest BCUT2D eigenvalue weighted by Gasteiger charge is -2.11. The van der Waals surface area contributed by atoms with Crippen LogP contribution in [0.5, 0.6) is 0 Å². The second-order valence-electron chi connectivity index (χ2n) is 6.14. The van der Waals surface area contributed by atoms with Gasteiger partial charge in [-0.2, -0.15) is 5.10 Å². The van der Waals surface area contributed by atoms with Crippen molar-refractivity contribution in [3.05, 3.63) is 53.9 Å². The number of aryl methyl sites for hydroxylation is 1. The Balaban J connectivity index is 1.94. The Kier molecular flexibility index (Phi) is 5.96. The Hall–Kier alpha value is -2.73. The van der Waals surface area contributed by atoms with E-state index < -0.39 is 0 Å². The van der Waals surface area contributed by atoms with E-state index >= 15 is 0 Å². The number of methoxy groups -OCH3 is 1. The number of carbonyl (C=O) groups is 1. The van der Waals surface area contributed by atoms with E-state index in [-0.39, 0.29) is 5.91 Å². The molecule has 0 aliphatic heterocycles. The van der Waals surface area contributed by atoms with Gasteiger partial charge in [-0.15, -0.1) is 0 Å². The lowest BCUT2D eigenvalue weighted by atomic mass is 10.1. The summed E-state index contributed by atoms with van der Waals surface area (Å²) in [5.74, 6) is -0.115. The van der Waals surface area contributed by atoms with Crippen molar-refractivity contribution in [2.45, 2.75) is 26.2 Å². The van der Waals surface area contributed by atoms with Crippen LogP contribution in [0.4, 0.5) is 0 Å². The topological polar surface area (TPSA) is 68.5 Å². The number of carbonyl (C=O) groups excluding carboxylic acids is 1. The summed E-state index contributed by atoms with van der Waals surface area (Å²) >= 11 is 0. The molecule has 2 aromatic heterocycles. The maximum absolute atomic E-state index is 12.6. The van der Waals surface area contributed by atoms with Gasteiger partial charge in [0.1, 0.15) is 0 Å². The highest BCUT2D eigenvalue weighted by molar-refractivity contribution is 5.95. The van der Waals surface area contributed by atoms with Gasteiger partial charge in [0.05, 0.1) is 17.0 Å². The van der Waals surface area contributed by atoms with Gasteiger partial charge in [-0.25, -0.2) is 9.50 Å². The molecular formula is C20H24N4O2. The first-order valence-corrected chi connectivity index (χ1v) is 8.94. The van der Waals surface area contributed by atoms with E-state index in [1.165, 1.54) is 0 Å². The Morgan fingerprint density at radius 1 is 1.27 bits per heavy atom. The third-order valence-electron chi connectivity index (χ3n) is 4.19. The molecule has 0 aliphatic rings. The van der Waals surface area contributed by atoms with Crippen molar-refractivity contribution in [1.82, 2.24) is 19.9 Å². The van der Waals surface area contributed by atoms with Crippen LogP contribution in [-0.4, -0.2) is 40.8 Å². The number of nitrogens with one attached hydrogen (secondary N) is 1. The zero-order valence-corrected chi connectivity index (χ0v) is 15.2. The number of fused-ring (bicyclic) bond motifs is 1. The van der Waals surface area contributed by atoms with E-state index in [0.717, 1.165) is 41.9 Å². The average molecular weight is 352 g/mol. The number of ether oxygens (including phenoxy) is 1. The van der Waals surface area contributed by atoms with E-state index in [9.17, 15) is 4.79 Å². The fraction of sp³-hybridized carbons (Fsp3) is 0.350. The molecule has 1 N–H and O–H groups in total. The molecule has 6 heteroatoms. The molecule has 136 valence electrons. The van der Waals surface area contributed by atoms with Crippen molar-refractivity contribution in [2.75, 3.05) is 20.3 Å². The number of hydrogen-bond acceptors (Lipinski definition) is 4. The van der Waals surface area contributed by atoms with Gasteiger partial charge in [0.15, 0.2) is 5.65 Å². The van der Waals surface area contributed by atoms with Gasteiger partial charge in [0.25, 0.3) is 5.91 Å². The molecule has 0 fully saturated rings. The summed E-state index contributed by atoms with van der Waals surface area (Å²) < 4.78 is 6.82. The number of amides is 1. The molecule has 6 nitrogen and oxygen atoms in total. The van der Waals surface area contributed by atoms with E-state index in [0.29, 0.717) is 18.7 Å². The lowest BCUT2D eigenvalue weighted by molar-refractivity contribution is 0.0946. The molecule has 2 heterocycles. The van der Waals surface area contributed by atoms with Crippen LogP contribution < -0.4 is 5.32 Å². The molecule has 0 bridgehead atoms. The highest BCUT2D eigenvalue weighted by atomic mass is 16.5. The van der Waals surface area contributed by atoms with E-state index in [4.69, 9.17) is 9.84 Å². The summed E-state index contributed by atoms with van der Waals surface area (Å²) in [4.78, 5) is 17.0. The van der Waals surface area contributed by atoms with Crippen LogP contribution in [0.15, 0.2) is 42.6 Å². The Labute approximate surface area is 153 Å². The SMILES string of the molecule is CCCc1c(C(=O)NCCCOC)cnc2cc(-c3ccccc3)nn12. The maximum atomic E-state index is 12.6. The second-order valence-corrected chi connectivity index (χ2v) is 6.14. The van der Waals surface area contributed by atoms with E-state index in [1.807, 2.05) is 36.4 Å².